The van der Waals surface area contributed by atoms with Crippen molar-refractivity contribution in [2.45, 2.75) is 19.9 Å². The van der Waals surface area contributed by atoms with Crippen LogP contribution in [-0.2, 0) is 16.1 Å². The molecule has 0 radical (unpaired) electrons. The fraction of sp³-hybridized carbons (Fsp3) is 0.643. The van der Waals surface area contributed by atoms with Gasteiger partial charge in [0.2, 0.25) is 5.91 Å². The van der Waals surface area contributed by atoms with Crippen LogP contribution in [0.2, 0.25) is 0 Å². The maximum Gasteiger partial charge on any atom is 0.280 e. The zero-order valence-electron chi connectivity index (χ0n) is 13.9. The molecule has 23 heavy (non-hydrogen) atoms. The molecule has 1 heterocycles. The Hall–Kier alpha value is -1.87. The quantitative estimate of drug-likeness (QED) is 0.717. The number of methoxy groups -OCH3 is 1. The summed E-state index contributed by atoms with van der Waals surface area (Å²) in [5.41, 5.74) is -0.554. The van der Waals surface area contributed by atoms with Crippen molar-refractivity contribution in [2.24, 2.45) is 0 Å². The normalized spacial score (nSPS) is 10.4. The van der Waals surface area contributed by atoms with E-state index in [1.165, 1.54) is 0 Å². The number of carbonyl (C=O) groups is 2. The monoisotopic (exact) mass is 334 g/mol. The van der Waals surface area contributed by atoms with Crippen molar-refractivity contribution >= 4 is 12.2 Å². The van der Waals surface area contributed by atoms with E-state index in [9.17, 15) is 18.4 Å². The number of nitrogens with zero attached hydrogens (tertiary/aromatic N) is 3. The SMILES string of the molecule is CCOC.CN(C)CCNC(=O)Cn1nc(C=O)cc1C(F)F. The van der Waals surface area contributed by atoms with Crippen molar-refractivity contribution in [1.29, 1.82) is 0 Å². The molecule has 1 N–H and O–H groups in total. The first-order valence-electron chi connectivity index (χ1n) is 7.07. The number of hydrogen-bond donors (Lipinski definition) is 1. The van der Waals surface area contributed by atoms with E-state index < -0.39 is 18.0 Å². The summed E-state index contributed by atoms with van der Waals surface area (Å²) in [5.74, 6) is -0.427. The van der Waals surface area contributed by atoms with Gasteiger partial charge in [0.15, 0.2) is 6.29 Å². The number of alkyl halides is 2. The van der Waals surface area contributed by atoms with E-state index in [2.05, 4.69) is 15.2 Å². The molecule has 0 aliphatic rings. The van der Waals surface area contributed by atoms with Crippen LogP contribution in [0.4, 0.5) is 8.78 Å². The van der Waals surface area contributed by atoms with Crippen molar-refractivity contribution in [3.05, 3.63) is 17.5 Å². The fourth-order valence-corrected chi connectivity index (χ4v) is 1.42. The Kier molecular flexibility index (Phi) is 10.7. The van der Waals surface area contributed by atoms with Gasteiger partial charge in [-0.1, -0.05) is 0 Å². The lowest BCUT2D eigenvalue weighted by Crippen LogP contribution is -2.34. The molecule has 0 aliphatic carbocycles. The number of aromatic nitrogens is 2. The highest BCUT2D eigenvalue weighted by atomic mass is 19.3. The first-order valence-corrected chi connectivity index (χ1v) is 7.07. The van der Waals surface area contributed by atoms with Crippen LogP contribution in [0.5, 0.6) is 0 Å². The predicted molar refractivity (Wildman–Crippen MR) is 81.7 cm³/mol. The molecule has 0 saturated carbocycles. The molecule has 1 rings (SSSR count). The number of aldehydes is 1. The average Bonchev–Trinajstić information content (AvgIpc) is 2.90. The highest BCUT2D eigenvalue weighted by Crippen LogP contribution is 2.19. The Morgan fingerprint density at radius 1 is 1.52 bits per heavy atom. The molecule has 0 bridgehead atoms. The second kappa shape index (κ2) is 11.7. The number of hydrogen-bond acceptors (Lipinski definition) is 5. The molecule has 0 aliphatic heterocycles. The van der Waals surface area contributed by atoms with Crippen molar-refractivity contribution < 1.29 is 23.1 Å². The number of nitrogens with one attached hydrogen (secondary N) is 1. The summed E-state index contributed by atoms with van der Waals surface area (Å²) >= 11 is 0. The van der Waals surface area contributed by atoms with Crippen molar-refractivity contribution in [2.75, 3.05) is 40.9 Å². The van der Waals surface area contributed by atoms with Gasteiger partial charge in [0, 0.05) is 26.8 Å². The van der Waals surface area contributed by atoms with Crippen LogP contribution in [0.15, 0.2) is 6.07 Å². The minimum atomic E-state index is -2.78. The summed E-state index contributed by atoms with van der Waals surface area (Å²) in [6.45, 7) is 3.50. The Morgan fingerprint density at radius 2 is 2.13 bits per heavy atom. The molecule has 0 fully saturated rings. The van der Waals surface area contributed by atoms with Gasteiger partial charge in [-0.05, 0) is 27.1 Å². The maximum atomic E-state index is 12.7. The number of likely N-dealkylation sites (N-methyl/N-ethyl adjacent to an activating group) is 1. The molecule has 0 aromatic carbocycles. The summed E-state index contributed by atoms with van der Waals surface area (Å²) < 4.78 is 30.7. The van der Waals surface area contributed by atoms with E-state index in [4.69, 9.17) is 0 Å². The molecule has 0 atom stereocenters. The Balaban J connectivity index is 0.00000108. The minimum absolute atomic E-state index is 0.114. The van der Waals surface area contributed by atoms with Gasteiger partial charge in [-0.15, -0.1) is 0 Å². The first kappa shape index (κ1) is 21.1. The average molecular weight is 334 g/mol. The summed E-state index contributed by atoms with van der Waals surface area (Å²) in [4.78, 5) is 23.9. The van der Waals surface area contributed by atoms with Gasteiger partial charge < -0.3 is 15.0 Å². The predicted octanol–water partition coefficient (Wildman–Crippen LogP) is 0.964. The number of carbonyl (C=O) groups excluding carboxylic acids is 2. The van der Waals surface area contributed by atoms with Crippen molar-refractivity contribution in [3.63, 3.8) is 0 Å². The first-order chi connectivity index (χ1) is 10.8. The topological polar surface area (TPSA) is 76.5 Å². The number of amides is 1. The maximum absolute atomic E-state index is 12.7. The molecular weight excluding hydrogens is 310 g/mol. The van der Waals surface area contributed by atoms with Crippen LogP contribution in [0.1, 0.15) is 29.5 Å². The number of rotatable bonds is 8. The van der Waals surface area contributed by atoms with E-state index >= 15 is 0 Å². The number of ether oxygens (including phenoxy) is 1. The van der Waals surface area contributed by atoms with E-state index in [1.54, 1.807) is 7.11 Å². The highest BCUT2D eigenvalue weighted by Gasteiger charge is 2.18. The Morgan fingerprint density at radius 3 is 2.57 bits per heavy atom. The molecule has 1 amide bonds. The Labute approximate surface area is 134 Å². The van der Waals surface area contributed by atoms with Gasteiger partial charge >= 0.3 is 0 Å². The molecule has 7 nitrogen and oxygen atoms in total. The van der Waals surface area contributed by atoms with Crippen LogP contribution in [0, 0.1) is 0 Å². The van der Waals surface area contributed by atoms with E-state index in [-0.39, 0.29) is 12.2 Å². The molecular formula is C14H24F2N4O3. The van der Waals surface area contributed by atoms with Crippen LogP contribution in [0.3, 0.4) is 0 Å². The smallest absolute Gasteiger partial charge is 0.280 e. The van der Waals surface area contributed by atoms with Crippen LogP contribution in [-0.4, -0.2) is 67.8 Å². The number of halogens is 2. The van der Waals surface area contributed by atoms with Gasteiger partial charge in [0.25, 0.3) is 6.43 Å². The second-order valence-corrected chi connectivity index (χ2v) is 4.80. The summed E-state index contributed by atoms with van der Waals surface area (Å²) in [6.07, 6.45) is -2.41. The van der Waals surface area contributed by atoms with E-state index in [1.807, 2.05) is 25.9 Å². The third-order valence-electron chi connectivity index (χ3n) is 2.64. The fourth-order valence-electron chi connectivity index (χ4n) is 1.42. The van der Waals surface area contributed by atoms with Crippen LogP contribution < -0.4 is 5.32 Å². The highest BCUT2D eigenvalue weighted by molar-refractivity contribution is 5.76. The molecule has 0 spiro atoms. The summed E-state index contributed by atoms with van der Waals surface area (Å²) in [6, 6.07) is 0.977. The van der Waals surface area contributed by atoms with Gasteiger partial charge in [-0.3, -0.25) is 14.3 Å². The second-order valence-electron chi connectivity index (χ2n) is 4.80. The zero-order valence-corrected chi connectivity index (χ0v) is 13.9. The standard InChI is InChI=1S/C11H16F2N4O2.C3H8O/c1-16(2)4-3-14-10(19)6-17-9(11(12)13)5-8(7-18)15-17;1-3-4-2/h5,7,11H,3-4,6H2,1-2H3,(H,14,19);3H2,1-2H3. The van der Waals surface area contributed by atoms with Crippen molar-refractivity contribution in [1.82, 2.24) is 20.0 Å². The minimum Gasteiger partial charge on any atom is -0.385 e. The molecule has 1 aromatic heterocycles. The molecule has 1 aromatic rings. The molecule has 9 heteroatoms. The van der Waals surface area contributed by atoms with E-state index in [0.717, 1.165) is 17.4 Å². The zero-order chi connectivity index (χ0) is 17.8. The van der Waals surface area contributed by atoms with Crippen molar-refractivity contribution in [3.8, 4) is 0 Å². The van der Waals surface area contributed by atoms with Gasteiger partial charge in [-0.25, -0.2) is 8.78 Å². The van der Waals surface area contributed by atoms with Gasteiger partial charge in [0.05, 0.1) is 0 Å². The summed E-state index contributed by atoms with van der Waals surface area (Å²) in [7, 11) is 5.38. The van der Waals surface area contributed by atoms with Gasteiger partial charge in [-0.2, -0.15) is 5.10 Å². The third-order valence-corrected chi connectivity index (χ3v) is 2.64. The lowest BCUT2D eigenvalue weighted by molar-refractivity contribution is -0.121. The molecule has 0 unspecified atom stereocenters. The van der Waals surface area contributed by atoms with Crippen LogP contribution in [0.25, 0.3) is 0 Å². The van der Waals surface area contributed by atoms with E-state index in [0.29, 0.717) is 19.4 Å². The van der Waals surface area contributed by atoms with Gasteiger partial charge in [0.1, 0.15) is 17.9 Å². The molecule has 0 saturated heterocycles. The Bertz CT molecular complexity index is 477. The lowest BCUT2D eigenvalue weighted by atomic mass is 10.4. The summed E-state index contributed by atoms with van der Waals surface area (Å²) in [5, 5.41) is 6.21. The molecule has 132 valence electrons. The third kappa shape index (κ3) is 8.99. The lowest BCUT2D eigenvalue weighted by Gasteiger charge is -2.11. The largest absolute Gasteiger partial charge is 0.385 e. The van der Waals surface area contributed by atoms with Crippen LogP contribution >= 0.6 is 0 Å².